The van der Waals surface area contributed by atoms with Crippen LogP contribution in [-0.4, -0.2) is 15.0 Å². The van der Waals surface area contributed by atoms with Gasteiger partial charge in [0.05, 0.1) is 34.0 Å². The topological polar surface area (TPSA) is 50.7 Å². The van der Waals surface area contributed by atoms with Gasteiger partial charge >= 0.3 is 0 Å². The van der Waals surface area contributed by atoms with Crippen molar-refractivity contribution in [1.82, 2.24) is 15.0 Å². The number of anilines is 1. The van der Waals surface area contributed by atoms with Crippen molar-refractivity contribution in [2.75, 3.05) is 5.32 Å². The zero-order chi connectivity index (χ0) is 13.2. The van der Waals surface area contributed by atoms with Crippen LogP contribution in [0.5, 0.6) is 0 Å². The highest BCUT2D eigenvalue weighted by Gasteiger charge is 2.09. The van der Waals surface area contributed by atoms with Crippen molar-refractivity contribution < 1.29 is 0 Å². The van der Waals surface area contributed by atoms with Crippen molar-refractivity contribution >= 4 is 28.2 Å². The number of aryl methyl sites for hydroxylation is 1. The van der Waals surface area contributed by atoms with Crippen molar-refractivity contribution in [2.45, 2.75) is 19.9 Å². The molecule has 0 amide bonds. The summed E-state index contributed by atoms with van der Waals surface area (Å²) in [7, 11) is 0. The molecule has 1 unspecified atom stereocenters. The van der Waals surface area contributed by atoms with E-state index in [-0.39, 0.29) is 6.04 Å². The van der Waals surface area contributed by atoms with E-state index in [1.165, 1.54) is 0 Å². The van der Waals surface area contributed by atoms with Gasteiger partial charge in [-0.2, -0.15) is 0 Å². The Morgan fingerprint density at radius 3 is 2.68 bits per heavy atom. The lowest BCUT2D eigenvalue weighted by Gasteiger charge is -2.12. The van der Waals surface area contributed by atoms with Crippen molar-refractivity contribution in [1.29, 1.82) is 0 Å². The second kappa shape index (κ2) is 4.93. The summed E-state index contributed by atoms with van der Waals surface area (Å²) in [6.07, 6.45) is 1.76. The van der Waals surface area contributed by atoms with Crippen LogP contribution in [0.3, 0.4) is 0 Å². The zero-order valence-electron chi connectivity index (χ0n) is 10.8. The summed E-state index contributed by atoms with van der Waals surface area (Å²) < 4.78 is 0. The molecule has 2 heterocycles. The third-order valence-corrected chi connectivity index (χ3v) is 3.69. The number of fused-ring (bicyclic) bond motifs is 1. The maximum atomic E-state index is 4.55. The van der Waals surface area contributed by atoms with Gasteiger partial charge in [0.1, 0.15) is 5.82 Å². The second-order valence-electron chi connectivity index (χ2n) is 4.40. The SMILES string of the molecule is Cc1nc(C(C)Nc2cnc3ccccc3n2)cs1. The Bertz CT molecular complexity index is 707. The van der Waals surface area contributed by atoms with Crippen LogP contribution in [-0.2, 0) is 0 Å². The van der Waals surface area contributed by atoms with Crippen LogP contribution in [0.1, 0.15) is 23.7 Å². The normalized spacial score (nSPS) is 12.5. The quantitative estimate of drug-likeness (QED) is 0.790. The average molecular weight is 270 g/mol. The molecule has 0 spiro atoms. The third kappa shape index (κ3) is 2.56. The number of nitrogens with zero attached hydrogens (tertiary/aromatic N) is 3. The van der Waals surface area contributed by atoms with Gasteiger partial charge in [-0.25, -0.2) is 9.97 Å². The summed E-state index contributed by atoms with van der Waals surface area (Å²) in [5.74, 6) is 0.775. The standard InChI is InChI=1S/C14H14N4S/c1-9(13-8-19-10(2)17-13)16-14-7-15-11-5-3-4-6-12(11)18-14/h3-9H,1-2H3,(H,16,18). The van der Waals surface area contributed by atoms with Gasteiger partial charge in [0, 0.05) is 5.38 Å². The predicted molar refractivity (Wildman–Crippen MR) is 78.4 cm³/mol. The monoisotopic (exact) mass is 270 g/mol. The maximum Gasteiger partial charge on any atom is 0.145 e. The first-order chi connectivity index (χ1) is 9.22. The van der Waals surface area contributed by atoms with Crippen LogP contribution in [0.2, 0.25) is 0 Å². The van der Waals surface area contributed by atoms with Crippen molar-refractivity contribution in [3.8, 4) is 0 Å². The molecule has 0 radical (unpaired) electrons. The summed E-state index contributed by atoms with van der Waals surface area (Å²) in [6, 6.07) is 7.98. The molecule has 1 N–H and O–H groups in total. The van der Waals surface area contributed by atoms with Gasteiger partial charge in [0.25, 0.3) is 0 Å². The molecule has 4 nitrogen and oxygen atoms in total. The molecule has 1 atom stereocenters. The molecule has 0 saturated heterocycles. The third-order valence-electron chi connectivity index (χ3n) is 2.89. The lowest BCUT2D eigenvalue weighted by molar-refractivity contribution is 0.837. The minimum Gasteiger partial charge on any atom is -0.361 e. The van der Waals surface area contributed by atoms with E-state index in [0.29, 0.717) is 0 Å². The molecular weight excluding hydrogens is 256 g/mol. The Morgan fingerprint density at radius 1 is 1.16 bits per heavy atom. The Balaban J connectivity index is 1.84. The van der Waals surface area contributed by atoms with Crippen LogP contribution in [0.25, 0.3) is 11.0 Å². The van der Waals surface area contributed by atoms with E-state index in [9.17, 15) is 0 Å². The fraction of sp³-hybridized carbons (Fsp3) is 0.214. The van der Waals surface area contributed by atoms with E-state index in [0.717, 1.165) is 27.6 Å². The van der Waals surface area contributed by atoms with Crippen LogP contribution in [0.15, 0.2) is 35.8 Å². The van der Waals surface area contributed by atoms with Gasteiger partial charge in [-0.1, -0.05) is 12.1 Å². The summed E-state index contributed by atoms with van der Waals surface area (Å²) in [5, 5.41) is 6.48. The average Bonchev–Trinajstić information content (AvgIpc) is 2.85. The van der Waals surface area contributed by atoms with Crippen LogP contribution in [0.4, 0.5) is 5.82 Å². The highest BCUT2D eigenvalue weighted by molar-refractivity contribution is 7.09. The lowest BCUT2D eigenvalue weighted by Crippen LogP contribution is -2.08. The van der Waals surface area contributed by atoms with Crippen molar-refractivity contribution in [3.63, 3.8) is 0 Å². The van der Waals surface area contributed by atoms with E-state index in [1.807, 2.05) is 31.2 Å². The van der Waals surface area contributed by atoms with E-state index in [4.69, 9.17) is 0 Å². The maximum absolute atomic E-state index is 4.55. The molecule has 0 saturated carbocycles. The Hall–Kier alpha value is -2.01. The molecule has 0 aliphatic rings. The summed E-state index contributed by atoms with van der Waals surface area (Å²) >= 11 is 1.66. The molecule has 1 aromatic carbocycles. The number of nitrogens with one attached hydrogen (secondary N) is 1. The van der Waals surface area contributed by atoms with Gasteiger partial charge < -0.3 is 5.32 Å². The fourth-order valence-electron chi connectivity index (χ4n) is 1.90. The molecular formula is C14H14N4S. The first-order valence-electron chi connectivity index (χ1n) is 6.13. The molecule has 96 valence electrons. The lowest BCUT2D eigenvalue weighted by atomic mass is 10.2. The van der Waals surface area contributed by atoms with Gasteiger partial charge in [-0.15, -0.1) is 11.3 Å². The first kappa shape index (κ1) is 12.0. The van der Waals surface area contributed by atoms with Gasteiger partial charge in [0.15, 0.2) is 0 Å². The van der Waals surface area contributed by atoms with E-state index in [1.54, 1.807) is 17.5 Å². The zero-order valence-corrected chi connectivity index (χ0v) is 11.6. The fourth-order valence-corrected chi connectivity index (χ4v) is 2.61. The Labute approximate surface area is 115 Å². The highest BCUT2D eigenvalue weighted by atomic mass is 32.1. The van der Waals surface area contributed by atoms with Gasteiger partial charge in [0.2, 0.25) is 0 Å². The number of hydrogen-bond acceptors (Lipinski definition) is 5. The molecule has 3 aromatic rings. The first-order valence-corrected chi connectivity index (χ1v) is 7.01. The minimum atomic E-state index is 0.125. The summed E-state index contributed by atoms with van der Waals surface area (Å²) in [6.45, 7) is 4.09. The van der Waals surface area contributed by atoms with E-state index < -0.39 is 0 Å². The summed E-state index contributed by atoms with van der Waals surface area (Å²) in [4.78, 5) is 13.4. The smallest absolute Gasteiger partial charge is 0.145 e. The summed E-state index contributed by atoms with van der Waals surface area (Å²) in [5.41, 5.74) is 2.84. The molecule has 3 rings (SSSR count). The van der Waals surface area contributed by atoms with E-state index in [2.05, 4.69) is 32.6 Å². The second-order valence-corrected chi connectivity index (χ2v) is 5.46. The number of thiazole rings is 1. The largest absolute Gasteiger partial charge is 0.361 e. The van der Waals surface area contributed by atoms with Crippen LogP contribution >= 0.6 is 11.3 Å². The molecule has 0 aliphatic heterocycles. The highest BCUT2D eigenvalue weighted by Crippen LogP contribution is 2.20. The Kier molecular flexibility index (Phi) is 3.13. The number of para-hydroxylation sites is 2. The number of hydrogen-bond donors (Lipinski definition) is 1. The molecule has 0 fully saturated rings. The number of rotatable bonds is 3. The number of benzene rings is 1. The molecule has 0 aliphatic carbocycles. The van der Waals surface area contributed by atoms with Crippen LogP contribution in [0, 0.1) is 6.92 Å². The molecule has 5 heteroatoms. The predicted octanol–water partition coefficient (Wildman–Crippen LogP) is 3.57. The van der Waals surface area contributed by atoms with Crippen molar-refractivity contribution in [3.05, 3.63) is 46.5 Å². The number of aromatic nitrogens is 3. The van der Waals surface area contributed by atoms with Crippen molar-refractivity contribution in [2.24, 2.45) is 0 Å². The Morgan fingerprint density at radius 2 is 1.95 bits per heavy atom. The van der Waals surface area contributed by atoms with Gasteiger partial charge in [-0.3, -0.25) is 4.98 Å². The molecule has 2 aromatic heterocycles. The minimum absolute atomic E-state index is 0.125. The molecule has 19 heavy (non-hydrogen) atoms. The van der Waals surface area contributed by atoms with Gasteiger partial charge in [-0.05, 0) is 26.0 Å². The van der Waals surface area contributed by atoms with E-state index >= 15 is 0 Å². The molecule has 0 bridgehead atoms. The van der Waals surface area contributed by atoms with Crippen LogP contribution < -0.4 is 5.32 Å².